The van der Waals surface area contributed by atoms with Crippen molar-refractivity contribution in [2.75, 3.05) is 13.7 Å². The smallest absolute Gasteiger partial charge is 0.266 e. The average molecular weight is 599 g/mol. The van der Waals surface area contributed by atoms with Crippen LogP contribution in [0.2, 0.25) is 0 Å². The minimum Gasteiger partial charge on any atom is -0.497 e. The molecule has 0 spiro atoms. The van der Waals surface area contributed by atoms with Crippen LogP contribution in [0, 0.1) is 0 Å². The lowest BCUT2D eigenvalue weighted by molar-refractivity contribution is -0.135. The molecule has 0 aliphatic carbocycles. The highest BCUT2D eigenvalue weighted by molar-refractivity contribution is 9.10. The van der Waals surface area contributed by atoms with Gasteiger partial charge in [0.1, 0.15) is 16.6 Å². The third-order valence-corrected chi connectivity index (χ3v) is 8.83. The first kappa shape index (κ1) is 26.0. The molecular weight excluding hydrogens is 570 g/mol. The molecule has 2 fully saturated rings. The predicted molar refractivity (Wildman–Crippen MR) is 156 cm³/mol. The highest BCUT2D eigenvalue weighted by Gasteiger charge is 2.32. The monoisotopic (exact) mass is 597 g/mol. The van der Waals surface area contributed by atoms with E-state index in [2.05, 4.69) is 22.9 Å². The van der Waals surface area contributed by atoms with Crippen LogP contribution in [0.15, 0.2) is 58.0 Å². The fraction of sp³-hybridized carbons (Fsp3) is 0.321. The lowest BCUT2D eigenvalue weighted by Crippen LogP contribution is -2.43. The molecule has 1 atom stereocenters. The molecule has 37 heavy (non-hydrogen) atoms. The van der Waals surface area contributed by atoms with Crippen molar-refractivity contribution in [3.63, 3.8) is 0 Å². The second-order valence-electron chi connectivity index (χ2n) is 9.42. The van der Waals surface area contributed by atoms with Gasteiger partial charge in [-0.1, -0.05) is 52.0 Å². The number of methoxy groups -OCH3 is 1. The van der Waals surface area contributed by atoms with E-state index in [-0.39, 0.29) is 24.4 Å². The second-order valence-corrected chi connectivity index (χ2v) is 12.0. The van der Waals surface area contributed by atoms with Gasteiger partial charge in [-0.25, -0.2) is 0 Å². The predicted octanol–water partition coefficient (Wildman–Crippen LogP) is 6.21. The van der Waals surface area contributed by atoms with E-state index in [1.807, 2.05) is 64.2 Å². The maximum absolute atomic E-state index is 13.3. The van der Waals surface area contributed by atoms with Crippen molar-refractivity contribution in [2.45, 2.75) is 45.3 Å². The van der Waals surface area contributed by atoms with Gasteiger partial charge in [0.05, 0.1) is 18.6 Å². The van der Waals surface area contributed by atoms with Crippen molar-refractivity contribution in [3.8, 4) is 5.75 Å². The van der Waals surface area contributed by atoms with Gasteiger partial charge in [-0.3, -0.25) is 14.5 Å². The molecule has 6 nitrogen and oxygen atoms in total. The van der Waals surface area contributed by atoms with Gasteiger partial charge >= 0.3 is 0 Å². The maximum atomic E-state index is 13.3. The highest BCUT2D eigenvalue weighted by atomic mass is 79.9. The van der Waals surface area contributed by atoms with Crippen LogP contribution in [0.25, 0.3) is 17.0 Å². The number of hydrogen-bond donors (Lipinski definition) is 0. The summed E-state index contributed by atoms with van der Waals surface area (Å²) in [6.07, 6.45) is 7.15. The summed E-state index contributed by atoms with van der Waals surface area (Å²) in [5.41, 5.74) is 2.83. The van der Waals surface area contributed by atoms with Crippen LogP contribution in [0.5, 0.6) is 5.75 Å². The standard InChI is InChI=1S/C28H28BrN3O3S2/c1-18-5-3-4-12-31(18)26(33)17-30-16-20(23-14-21(29)8-11-24(23)30)13-25-27(34)32(28(36)37-25)15-19-6-9-22(35-2)10-7-19/h6-11,13-14,16,18H,3-5,12,15,17H2,1-2H3/b25-13-/t18-/m0/s1. The maximum Gasteiger partial charge on any atom is 0.266 e. The number of thioether (sulfide) groups is 1. The Balaban J connectivity index is 1.41. The summed E-state index contributed by atoms with van der Waals surface area (Å²) >= 11 is 10.4. The minimum absolute atomic E-state index is 0.111. The molecule has 1 aromatic heterocycles. The molecule has 0 N–H and O–H groups in total. The number of likely N-dealkylation sites (tertiary alicyclic amines) is 1. The number of hydrogen-bond acceptors (Lipinski definition) is 5. The number of halogens is 1. The Morgan fingerprint density at radius 1 is 1.22 bits per heavy atom. The average Bonchev–Trinajstić information content (AvgIpc) is 3.35. The molecule has 2 aliphatic heterocycles. The molecule has 3 aromatic rings. The van der Waals surface area contributed by atoms with E-state index < -0.39 is 0 Å². The number of rotatable bonds is 6. The van der Waals surface area contributed by atoms with Gasteiger partial charge in [-0.2, -0.15) is 0 Å². The van der Waals surface area contributed by atoms with Crippen LogP contribution in [-0.2, 0) is 22.7 Å². The molecule has 0 unspecified atom stereocenters. The van der Waals surface area contributed by atoms with Crippen LogP contribution in [0.3, 0.4) is 0 Å². The van der Waals surface area contributed by atoms with Crippen molar-refractivity contribution in [1.29, 1.82) is 0 Å². The van der Waals surface area contributed by atoms with Gasteiger partial charge in [0.2, 0.25) is 5.91 Å². The number of ether oxygens (including phenoxy) is 1. The van der Waals surface area contributed by atoms with Crippen LogP contribution >= 0.6 is 39.9 Å². The number of fused-ring (bicyclic) bond motifs is 1. The van der Waals surface area contributed by atoms with Gasteiger partial charge in [-0.05, 0) is 68.2 Å². The number of amides is 2. The highest BCUT2D eigenvalue weighted by Crippen LogP contribution is 2.36. The number of nitrogens with zero attached hydrogens (tertiary/aromatic N) is 3. The van der Waals surface area contributed by atoms with E-state index in [1.54, 1.807) is 12.0 Å². The largest absolute Gasteiger partial charge is 0.497 e. The number of thiocarbonyl (C=S) groups is 1. The zero-order valence-electron chi connectivity index (χ0n) is 20.8. The van der Waals surface area contributed by atoms with Crippen LogP contribution in [0.1, 0.15) is 37.3 Å². The van der Waals surface area contributed by atoms with E-state index in [0.29, 0.717) is 15.8 Å². The Bertz CT molecular complexity index is 1400. The molecule has 192 valence electrons. The third-order valence-electron chi connectivity index (χ3n) is 6.96. The number of carbonyl (C=O) groups excluding carboxylic acids is 2. The van der Waals surface area contributed by atoms with Crippen molar-refractivity contribution >= 4 is 73.0 Å². The molecule has 2 amide bonds. The van der Waals surface area contributed by atoms with Crippen molar-refractivity contribution < 1.29 is 14.3 Å². The Labute approximate surface area is 234 Å². The Morgan fingerprint density at radius 3 is 2.73 bits per heavy atom. The summed E-state index contributed by atoms with van der Waals surface area (Å²) in [6.45, 7) is 3.62. The van der Waals surface area contributed by atoms with E-state index >= 15 is 0 Å². The topological polar surface area (TPSA) is 54.8 Å². The van der Waals surface area contributed by atoms with E-state index in [1.165, 1.54) is 18.2 Å². The van der Waals surface area contributed by atoms with Crippen molar-refractivity contribution in [3.05, 3.63) is 69.2 Å². The number of aromatic nitrogens is 1. The first-order valence-corrected chi connectivity index (χ1v) is 14.3. The van der Waals surface area contributed by atoms with Crippen LogP contribution < -0.4 is 4.74 Å². The fourth-order valence-electron chi connectivity index (χ4n) is 4.94. The van der Waals surface area contributed by atoms with Gasteiger partial charge in [0, 0.05) is 39.7 Å². The summed E-state index contributed by atoms with van der Waals surface area (Å²) in [6, 6.07) is 13.9. The summed E-state index contributed by atoms with van der Waals surface area (Å²) < 4.78 is 8.69. The van der Waals surface area contributed by atoms with Gasteiger partial charge in [0.15, 0.2) is 0 Å². The molecule has 2 aliphatic rings. The van der Waals surface area contributed by atoms with E-state index in [4.69, 9.17) is 17.0 Å². The molecule has 0 bridgehead atoms. The molecule has 0 saturated carbocycles. The van der Waals surface area contributed by atoms with Crippen molar-refractivity contribution in [1.82, 2.24) is 14.4 Å². The van der Waals surface area contributed by atoms with Gasteiger partial charge < -0.3 is 14.2 Å². The van der Waals surface area contributed by atoms with E-state index in [9.17, 15) is 9.59 Å². The SMILES string of the molecule is COc1ccc(CN2C(=O)/C(=C/c3cn(CC(=O)N4CCCC[C@@H]4C)c4ccc(Br)cc34)SC2=S)cc1. The summed E-state index contributed by atoms with van der Waals surface area (Å²) in [7, 11) is 1.63. The Hall–Kier alpha value is -2.62. The zero-order valence-corrected chi connectivity index (χ0v) is 24.0. The third kappa shape index (κ3) is 5.49. The summed E-state index contributed by atoms with van der Waals surface area (Å²) in [5, 5.41) is 0.981. The molecular formula is C28H28BrN3O3S2. The number of benzene rings is 2. The second kappa shape index (κ2) is 11.0. The molecule has 9 heteroatoms. The molecule has 2 saturated heterocycles. The normalized spacial score (nSPS) is 19.3. The van der Waals surface area contributed by atoms with Crippen LogP contribution in [0.4, 0.5) is 0 Å². The van der Waals surface area contributed by atoms with E-state index in [0.717, 1.165) is 51.6 Å². The van der Waals surface area contributed by atoms with Gasteiger partial charge in [0.25, 0.3) is 5.91 Å². The van der Waals surface area contributed by atoms with Gasteiger partial charge in [-0.15, -0.1) is 0 Å². The summed E-state index contributed by atoms with van der Waals surface area (Å²) in [4.78, 5) is 30.7. The fourth-order valence-corrected chi connectivity index (χ4v) is 6.55. The quantitative estimate of drug-likeness (QED) is 0.249. The summed E-state index contributed by atoms with van der Waals surface area (Å²) in [5.74, 6) is 0.786. The Kier molecular flexibility index (Phi) is 7.74. The van der Waals surface area contributed by atoms with Crippen molar-refractivity contribution in [2.24, 2.45) is 0 Å². The first-order valence-electron chi connectivity index (χ1n) is 12.3. The number of piperidine rings is 1. The first-order chi connectivity index (χ1) is 17.8. The molecule has 2 aromatic carbocycles. The Morgan fingerprint density at radius 2 is 2.00 bits per heavy atom. The lowest BCUT2D eigenvalue weighted by atomic mass is 10.0. The number of carbonyl (C=O) groups is 2. The molecule has 3 heterocycles. The minimum atomic E-state index is -0.111. The lowest BCUT2D eigenvalue weighted by Gasteiger charge is -2.33. The molecule has 0 radical (unpaired) electrons. The molecule has 5 rings (SSSR count). The zero-order chi connectivity index (χ0) is 26.1. The van der Waals surface area contributed by atoms with Crippen LogP contribution in [-0.4, -0.2) is 50.2 Å².